The van der Waals surface area contributed by atoms with Gasteiger partial charge in [-0.3, -0.25) is 9.36 Å². The van der Waals surface area contributed by atoms with Crippen molar-refractivity contribution < 1.29 is 24.1 Å². The van der Waals surface area contributed by atoms with E-state index in [9.17, 15) is 19.4 Å². The molecule has 1 saturated heterocycles. The molecule has 0 unspecified atom stereocenters. The number of aromatic nitrogens is 4. The van der Waals surface area contributed by atoms with Crippen molar-refractivity contribution in [2.75, 3.05) is 12.3 Å². The van der Waals surface area contributed by atoms with E-state index in [1.54, 1.807) is 0 Å². The van der Waals surface area contributed by atoms with Crippen LogP contribution in [0.5, 0.6) is 0 Å². The fraction of sp³-hybridized carbons (Fsp3) is 0.294. The van der Waals surface area contributed by atoms with Crippen molar-refractivity contribution >= 4 is 34.5 Å². The number of nitrogen functional groups attached to an aromatic ring is 1. The van der Waals surface area contributed by atoms with Gasteiger partial charge in [-0.1, -0.05) is 11.6 Å². The summed E-state index contributed by atoms with van der Waals surface area (Å²) in [6, 6.07) is 2.53. The van der Waals surface area contributed by atoms with E-state index in [2.05, 4.69) is 20.3 Å². The summed E-state index contributed by atoms with van der Waals surface area (Å²) >= 11 is 5.74. The van der Waals surface area contributed by atoms with Crippen LogP contribution >= 0.6 is 11.6 Å². The Balaban J connectivity index is 1.68. The number of imidazole rings is 1. The Kier molecular flexibility index (Phi) is 5.04. The highest BCUT2D eigenvalue weighted by Gasteiger charge is 2.46. The number of nitrogens with zero attached hydrogens (tertiary/aromatic N) is 4. The van der Waals surface area contributed by atoms with Crippen molar-refractivity contribution in [3.05, 3.63) is 47.3 Å². The van der Waals surface area contributed by atoms with Crippen LogP contribution < -0.4 is 11.1 Å². The van der Waals surface area contributed by atoms with Crippen LogP contribution in [0.3, 0.4) is 0 Å². The first-order valence-corrected chi connectivity index (χ1v) is 8.91. The van der Waals surface area contributed by atoms with Crippen LogP contribution in [0.25, 0.3) is 11.2 Å². The van der Waals surface area contributed by atoms with Gasteiger partial charge in [0.1, 0.15) is 35.9 Å². The number of carbonyl (C=O) groups is 1. The van der Waals surface area contributed by atoms with Gasteiger partial charge in [-0.15, -0.1) is 0 Å². The Morgan fingerprint density at radius 3 is 2.90 bits per heavy atom. The number of nitrogens with one attached hydrogen (secondary N) is 1. The number of aliphatic hydroxyl groups excluding tert-OH is 2. The minimum absolute atomic E-state index is 0.0943. The Labute approximate surface area is 168 Å². The Hall–Kier alpha value is -2.86. The van der Waals surface area contributed by atoms with Crippen LogP contribution in [0.15, 0.2) is 30.9 Å². The van der Waals surface area contributed by atoms with E-state index in [-0.39, 0.29) is 16.4 Å². The molecule has 0 radical (unpaired) electrons. The van der Waals surface area contributed by atoms with Gasteiger partial charge in [0.15, 0.2) is 17.7 Å². The third kappa shape index (κ3) is 3.38. The summed E-state index contributed by atoms with van der Waals surface area (Å²) in [4.78, 5) is 24.8. The maximum Gasteiger partial charge on any atom is 0.251 e. The standard InChI is InChI=1S/C17H16ClFN6O4/c18-8-3-7(1-2-9(8)19)16(28)24-11-13(27)10(4-26)29-17(11)25-6-23-12-14(20)21-5-22-15(12)25/h1-3,5-6,10-11,13,17,26-27H,4H2,(H,24,28)(H2,20,21,22)/t10-,11-,13-,17-/m1/s1. The van der Waals surface area contributed by atoms with Gasteiger partial charge in [0.05, 0.1) is 18.0 Å². The van der Waals surface area contributed by atoms with E-state index in [4.69, 9.17) is 22.1 Å². The third-order valence-electron chi connectivity index (χ3n) is 4.69. The summed E-state index contributed by atoms with van der Waals surface area (Å²) < 4.78 is 20.6. The molecule has 152 valence electrons. The molecule has 0 spiro atoms. The van der Waals surface area contributed by atoms with Crippen molar-refractivity contribution in [3.63, 3.8) is 0 Å². The zero-order valence-corrected chi connectivity index (χ0v) is 15.5. The number of amides is 1. The number of hydrogen-bond donors (Lipinski definition) is 4. The smallest absolute Gasteiger partial charge is 0.251 e. The fourth-order valence-corrected chi connectivity index (χ4v) is 3.40. The minimum atomic E-state index is -1.23. The molecule has 10 nitrogen and oxygen atoms in total. The predicted molar refractivity (Wildman–Crippen MR) is 99.4 cm³/mol. The lowest BCUT2D eigenvalue weighted by molar-refractivity contribution is -0.0440. The number of halogens is 2. The van der Waals surface area contributed by atoms with Crippen molar-refractivity contribution in [3.8, 4) is 0 Å². The molecule has 0 saturated carbocycles. The molecule has 29 heavy (non-hydrogen) atoms. The number of carbonyl (C=O) groups excluding carboxylic acids is 1. The molecule has 4 rings (SSSR count). The Morgan fingerprint density at radius 2 is 2.17 bits per heavy atom. The van der Waals surface area contributed by atoms with E-state index in [1.165, 1.54) is 29.4 Å². The van der Waals surface area contributed by atoms with Gasteiger partial charge in [-0.25, -0.2) is 19.3 Å². The Bertz CT molecular complexity index is 1080. The van der Waals surface area contributed by atoms with Crippen LogP contribution in [0.4, 0.5) is 10.2 Å². The number of rotatable bonds is 4. The van der Waals surface area contributed by atoms with Crippen molar-refractivity contribution in [1.82, 2.24) is 24.8 Å². The molecule has 3 heterocycles. The van der Waals surface area contributed by atoms with Gasteiger partial charge in [0.2, 0.25) is 0 Å². The lowest BCUT2D eigenvalue weighted by atomic mass is 10.1. The first kappa shape index (κ1) is 19.5. The summed E-state index contributed by atoms with van der Waals surface area (Å²) in [5, 5.41) is 22.5. The van der Waals surface area contributed by atoms with Crippen LogP contribution in [0.1, 0.15) is 16.6 Å². The van der Waals surface area contributed by atoms with Gasteiger partial charge in [0, 0.05) is 5.56 Å². The maximum atomic E-state index is 13.4. The molecule has 1 amide bonds. The summed E-state index contributed by atoms with van der Waals surface area (Å²) in [5.41, 5.74) is 6.55. The quantitative estimate of drug-likeness (QED) is 0.467. The molecule has 1 aliphatic heterocycles. The van der Waals surface area contributed by atoms with Gasteiger partial charge < -0.3 is 26.0 Å². The van der Waals surface area contributed by atoms with Crippen molar-refractivity contribution in [2.45, 2.75) is 24.5 Å². The van der Waals surface area contributed by atoms with E-state index < -0.39 is 42.8 Å². The third-order valence-corrected chi connectivity index (χ3v) is 4.98. The van der Waals surface area contributed by atoms with Gasteiger partial charge >= 0.3 is 0 Å². The number of anilines is 1. The molecule has 0 aliphatic carbocycles. The zero-order valence-electron chi connectivity index (χ0n) is 14.7. The molecule has 0 bridgehead atoms. The first-order valence-electron chi connectivity index (χ1n) is 8.54. The number of benzene rings is 1. The highest BCUT2D eigenvalue weighted by atomic mass is 35.5. The number of aliphatic hydroxyl groups is 2. The van der Waals surface area contributed by atoms with Gasteiger partial charge in [-0.05, 0) is 18.2 Å². The molecule has 3 aromatic rings. The molecule has 5 N–H and O–H groups in total. The topological polar surface area (TPSA) is 148 Å². The zero-order chi connectivity index (χ0) is 20.7. The number of ether oxygens (including phenoxy) is 1. The number of hydrogen-bond acceptors (Lipinski definition) is 8. The van der Waals surface area contributed by atoms with Crippen molar-refractivity contribution in [1.29, 1.82) is 0 Å². The number of nitrogens with two attached hydrogens (primary N) is 1. The molecule has 1 aromatic carbocycles. The summed E-state index contributed by atoms with van der Waals surface area (Å²) in [5.74, 6) is -1.11. The van der Waals surface area contributed by atoms with Gasteiger partial charge in [-0.2, -0.15) is 0 Å². The lowest BCUT2D eigenvalue weighted by Gasteiger charge is -2.23. The average molecular weight is 423 g/mol. The molecular weight excluding hydrogens is 407 g/mol. The maximum absolute atomic E-state index is 13.4. The highest BCUT2D eigenvalue weighted by Crippen LogP contribution is 2.32. The number of fused-ring (bicyclic) bond motifs is 1. The summed E-state index contributed by atoms with van der Waals surface area (Å²) in [6.07, 6.45) is -0.499. The summed E-state index contributed by atoms with van der Waals surface area (Å²) in [7, 11) is 0. The van der Waals surface area contributed by atoms with E-state index in [0.29, 0.717) is 11.2 Å². The van der Waals surface area contributed by atoms with Crippen LogP contribution in [0.2, 0.25) is 5.02 Å². The minimum Gasteiger partial charge on any atom is -0.394 e. The predicted octanol–water partition coefficient (Wildman–Crippen LogP) is 0.250. The lowest BCUT2D eigenvalue weighted by Crippen LogP contribution is -2.46. The fourth-order valence-electron chi connectivity index (χ4n) is 3.22. The van der Waals surface area contributed by atoms with E-state index in [0.717, 1.165) is 6.07 Å². The average Bonchev–Trinajstić information content (AvgIpc) is 3.26. The van der Waals surface area contributed by atoms with E-state index in [1.807, 2.05) is 0 Å². The molecule has 12 heteroatoms. The second-order valence-corrected chi connectivity index (χ2v) is 6.86. The Morgan fingerprint density at radius 1 is 1.38 bits per heavy atom. The molecule has 2 aromatic heterocycles. The molecule has 1 fully saturated rings. The molecular formula is C17H16ClFN6O4. The van der Waals surface area contributed by atoms with Crippen molar-refractivity contribution in [2.24, 2.45) is 0 Å². The second kappa shape index (κ2) is 7.52. The first-order chi connectivity index (χ1) is 13.9. The van der Waals surface area contributed by atoms with E-state index >= 15 is 0 Å². The second-order valence-electron chi connectivity index (χ2n) is 6.45. The normalized spacial score (nSPS) is 24.1. The summed E-state index contributed by atoms with van der Waals surface area (Å²) in [6.45, 7) is -0.476. The highest BCUT2D eigenvalue weighted by molar-refractivity contribution is 6.31. The van der Waals surface area contributed by atoms with Gasteiger partial charge in [0.25, 0.3) is 5.91 Å². The van der Waals surface area contributed by atoms with Crippen LogP contribution in [-0.4, -0.2) is 60.5 Å². The molecule has 1 aliphatic rings. The molecule has 4 atom stereocenters. The van der Waals surface area contributed by atoms with Crippen LogP contribution in [0, 0.1) is 5.82 Å². The largest absolute Gasteiger partial charge is 0.394 e. The SMILES string of the molecule is Nc1ncnc2c1ncn2[C@@H]1O[C@H](CO)[C@@H](O)[C@H]1NC(=O)c1ccc(F)c(Cl)c1. The monoisotopic (exact) mass is 422 g/mol. The van der Waals surface area contributed by atoms with Crippen LogP contribution in [-0.2, 0) is 4.74 Å².